The predicted molar refractivity (Wildman–Crippen MR) is 77.6 cm³/mol. The third kappa shape index (κ3) is 2.17. The summed E-state index contributed by atoms with van der Waals surface area (Å²) in [6, 6.07) is 14.1. The van der Waals surface area contributed by atoms with E-state index in [0.29, 0.717) is 0 Å². The normalized spacial score (nSPS) is 10.8. The van der Waals surface area contributed by atoms with E-state index in [9.17, 15) is 0 Å². The van der Waals surface area contributed by atoms with Crippen molar-refractivity contribution in [3.05, 3.63) is 48.7 Å². The van der Waals surface area contributed by atoms with Gasteiger partial charge in [-0.1, -0.05) is 25.1 Å². The van der Waals surface area contributed by atoms with Gasteiger partial charge in [0.2, 0.25) is 5.95 Å². The van der Waals surface area contributed by atoms with Crippen LogP contribution in [0.5, 0.6) is 0 Å². The SMILES string of the molecule is CCCNc1nc2cccnc2n1-c1ccccc1. The summed E-state index contributed by atoms with van der Waals surface area (Å²) in [5, 5.41) is 3.36. The molecule has 1 aromatic carbocycles. The summed E-state index contributed by atoms with van der Waals surface area (Å²) in [6.45, 7) is 3.04. The number of nitrogens with one attached hydrogen (secondary N) is 1. The molecule has 0 saturated carbocycles. The summed E-state index contributed by atoms with van der Waals surface area (Å²) in [7, 11) is 0. The Bertz CT molecular complexity index is 673. The molecule has 0 aliphatic heterocycles. The number of nitrogens with zero attached hydrogens (tertiary/aromatic N) is 3. The molecule has 0 spiro atoms. The van der Waals surface area contributed by atoms with E-state index in [-0.39, 0.29) is 0 Å². The second-order valence-electron chi connectivity index (χ2n) is 4.38. The first-order chi connectivity index (χ1) is 9.40. The molecule has 0 saturated heterocycles. The van der Waals surface area contributed by atoms with Gasteiger partial charge in [0.15, 0.2) is 5.65 Å². The first-order valence-electron chi connectivity index (χ1n) is 6.53. The number of aromatic nitrogens is 3. The fraction of sp³-hybridized carbons (Fsp3) is 0.200. The highest BCUT2D eigenvalue weighted by Crippen LogP contribution is 2.22. The molecular weight excluding hydrogens is 236 g/mol. The summed E-state index contributed by atoms with van der Waals surface area (Å²) in [6.07, 6.45) is 2.86. The van der Waals surface area contributed by atoms with E-state index in [0.717, 1.165) is 35.8 Å². The van der Waals surface area contributed by atoms with Crippen molar-refractivity contribution in [2.45, 2.75) is 13.3 Å². The zero-order valence-electron chi connectivity index (χ0n) is 10.9. The molecule has 2 heterocycles. The Morgan fingerprint density at radius 3 is 2.74 bits per heavy atom. The van der Waals surface area contributed by atoms with Crippen molar-refractivity contribution in [2.24, 2.45) is 0 Å². The highest BCUT2D eigenvalue weighted by Gasteiger charge is 2.12. The lowest BCUT2D eigenvalue weighted by molar-refractivity contribution is 0.940. The van der Waals surface area contributed by atoms with Crippen LogP contribution in [0.1, 0.15) is 13.3 Å². The van der Waals surface area contributed by atoms with Gasteiger partial charge in [-0.05, 0) is 30.7 Å². The summed E-state index contributed by atoms with van der Waals surface area (Å²) < 4.78 is 2.06. The highest BCUT2D eigenvalue weighted by atomic mass is 15.2. The third-order valence-corrected chi connectivity index (χ3v) is 2.96. The van der Waals surface area contributed by atoms with Crippen LogP contribution in [-0.2, 0) is 0 Å². The number of anilines is 1. The molecule has 0 fully saturated rings. The van der Waals surface area contributed by atoms with E-state index in [1.165, 1.54) is 0 Å². The van der Waals surface area contributed by atoms with Gasteiger partial charge in [-0.15, -0.1) is 0 Å². The minimum Gasteiger partial charge on any atom is -0.355 e. The monoisotopic (exact) mass is 252 g/mol. The molecule has 19 heavy (non-hydrogen) atoms. The molecule has 0 radical (unpaired) electrons. The first-order valence-corrected chi connectivity index (χ1v) is 6.53. The zero-order chi connectivity index (χ0) is 13.1. The maximum absolute atomic E-state index is 4.62. The van der Waals surface area contributed by atoms with Crippen molar-refractivity contribution in [3.63, 3.8) is 0 Å². The molecule has 4 heteroatoms. The molecule has 3 aromatic rings. The van der Waals surface area contributed by atoms with Gasteiger partial charge in [-0.3, -0.25) is 4.57 Å². The molecule has 0 atom stereocenters. The molecule has 0 aliphatic carbocycles. The second kappa shape index (κ2) is 5.10. The molecule has 96 valence electrons. The van der Waals surface area contributed by atoms with Crippen LogP contribution >= 0.6 is 0 Å². The largest absolute Gasteiger partial charge is 0.355 e. The van der Waals surface area contributed by atoms with Crippen molar-refractivity contribution >= 4 is 17.1 Å². The number of rotatable bonds is 4. The van der Waals surface area contributed by atoms with Gasteiger partial charge in [-0.25, -0.2) is 9.97 Å². The molecule has 2 aromatic heterocycles. The van der Waals surface area contributed by atoms with Crippen LogP contribution in [-0.4, -0.2) is 21.1 Å². The maximum Gasteiger partial charge on any atom is 0.209 e. The minimum atomic E-state index is 0.849. The van der Waals surface area contributed by atoms with Crippen molar-refractivity contribution in [3.8, 4) is 5.69 Å². The van der Waals surface area contributed by atoms with E-state index in [2.05, 4.69) is 38.9 Å². The second-order valence-corrected chi connectivity index (χ2v) is 4.38. The molecule has 0 amide bonds. The van der Waals surface area contributed by atoms with Crippen LogP contribution in [0.4, 0.5) is 5.95 Å². The number of benzene rings is 1. The molecule has 3 rings (SSSR count). The number of pyridine rings is 1. The van der Waals surface area contributed by atoms with Gasteiger partial charge in [0, 0.05) is 12.7 Å². The van der Waals surface area contributed by atoms with Crippen LogP contribution in [0, 0.1) is 0 Å². The number of hydrogen-bond donors (Lipinski definition) is 1. The lowest BCUT2D eigenvalue weighted by Gasteiger charge is -2.09. The van der Waals surface area contributed by atoms with Crippen LogP contribution in [0.15, 0.2) is 48.7 Å². The number of fused-ring (bicyclic) bond motifs is 1. The fourth-order valence-electron chi connectivity index (χ4n) is 2.09. The lowest BCUT2D eigenvalue weighted by atomic mass is 10.3. The van der Waals surface area contributed by atoms with Crippen LogP contribution in [0.25, 0.3) is 16.9 Å². The first kappa shape index (κ1) is 11.7. The Kier molecular flexibility index (Phi) is 3.14. The minimum absolute atomic E-state index is 0.849. The van der Waals surface area contributed by atoms with Crippen molar-refractivity contribution in [2.75, 3.05) is 11.9 Å². The number of para-hydroxylation sites is 1. The number of imidazole rings is 1. The van der Waals surface area contributed by atoms with Crippen LogP contribution < -0.4 is 5.32 Å². The van der Waals surface area contributed by atoms with Crippen LogP contribution in [0.3, 0.4) is 0 Å². The van der Waals surface area contributed by atoms with E-state index in [4.69, 9.17) is 0 Å². The van der Waals surface area contributed by atoms with Gasteiger partial charge < -0.3 is 5.32 Å². The number of hydrogen-bond acceptors (Lipinski definition) is 3. The van der Waals surface area contributed by atoms with Crippen molar-refractivity contribution in [1.82, 2.24) is 14.5 Å². The van der Waals surface area contributed by atoms with Crippen molar-refractivity contribution < 1.29 is 0 Å². The molecular formula is C15H16N4. The maximum atomic E-state index is 4.62. The molecule has 0 aliphatic rings. The van der Waals surface area contributed by atoms with Gasteiger partial charge in [0.05, 0.1) is 5.69 Å². The van der Waals surface area contributed by atoms with E-state index < -0.39 is 0 Å². The molecule has 0 unspecified atom stereocenters. The average Bonchev–Trinajstić information content (AvgIpc) is 2.84. The summed E-state index contributed by atoms with van der Waals surface area (Å²) >= 11 is 0. The zero-order valence-corrected chi connectivity index (χ0v) is 10.9. The molecule has 0 bridgehead atoms. The standard InChI is InChI=1S/C15H16N4/c1-2-10-17-15-18-13-9-6-11-16-14(13)19(15)12-7-4-3-5-8-12/h3-9,11H,2,10H2,1H3,(H,17,18). The van der Waals surface area contributed by atoms with Gasteiger partial charge in [0.25, 0.3) is 0 Å². The summed E-state index contributed by atoms with van der Waals surface area (Å²) in [5.74, 6) is 0.849. The third-order valence-electron chi connectivity index (χ3n) is 2.96. The van der Waals surface area contributed by atoms with Gasteiger partial charge in [-0.2, -0.15) is 0 Å². The lowest BCUT2D eigenvalue weighted by Crippen LogP contribution is -2.07. The molecule has 4 nitrogen and oxygen atoms in total. The topological polar surface area (TPSA) is 42.7 Å². The quantitative estimate of drug-likeness (QED) is 0.775. The summed E-state index contributed by atoms with van der Waals surface area (Å²) in [5.41, 5.74) is 2.86. The summed E-state index contributed by atoms with van der Waals surface area (Å²) in [4.78, 5) is 9.06. The average molecular weight is 252 g/mol. The Morgan fingerprint density at radius 1 is 1.11 bits per heavy atom. The Balaban J connectivity index is 2.19. The van der Waals surface area contributed by atoms with Crippen LogP contribution in [0.2, 0.25) is 0 Å². The Morgan fingerprint density at radius 2 is 1.95 bits per heavy atom. The molecule has 1 N–H and O–H groups in total. The highest BCUT2D eigenvalue weighted by molar-refractivity contribution is 5.77. The Hall–Kier alpha value is -2.36. The fourth-order valence-corrected chi connectivity index (χ4v) is 2.09. The van der Waals surface area contributed by atoms with Crippen molar-refractivity contribution in [1.29, 1.82) is 0 Å². The predicted octanol–water partition coefficient (Wildman–Crippen LogP) is 3.24. The van der Waals surface area contributed by atoms with E-state index in [1.54, 1.807) is 6.20 Å². The van der Waals surface area contributed by atoms with Gasteiger partial charge in [0.1, 0.15) is 5.52 Å². The Labute approximate surface area is 112 Å². The van der Waals surface area contributed by atoms with E-state index in [1.807, 2.05) is 30.3 Å². The van der Waals surface area contributed by atoms with E-state index >= 15 is 0 Å². The smallest absolute Gasteiger partial charge is 0.209 e. The van der Waals surface area contributed by atoms with Gasteiger partial charge >= 0.3 is 0 Å².